The van der Waals surface area contributed by atoms with E-state index >= 15 is 0 Å². The van der Waals surface area contributed by atoms with E-state index in [4.69, 9.17) is 30.6 Å². The number of esters is 2. The summed E-state index contributed by atoms with van der Waals surface area (Å²) in [6, 6.07) is 12.3. The summed E-state index contributed by atoms with van der Waals surface area (Å²) in [6.07, 6.45) is 0.501. The molecule has 1 saturated carbocycles. The third-order valence-corrected chi connectivity index (χ3v) is 11.7. The van der Waals surface area contributed by atoms with Crippen LogP contribution in [0.3, 0.4) is 0 Å². The van der Waals surface area contributed by atoms with Crippen molar-refractivity contribution >= 4 is 29.2 Å². The highest BCUT2D eigenvalue weighted by molar-refractivity contribution is 6.33. The average Bonchev–Trinajstić information content (AvgIpc) is 3.41. The summed E-state index contributed by atoms with van der Waals surface area (Å²) in [7, 11) is 5.43. The molecule has 0 amide bonds. The Balaban J connectivity index is 1.24. The van der Waals surface area contributed by atoms with Crippen LogP contribution >= 0.6 is 11.6 Å². The van der Waals surface area contributed by atoms with Crippen LogP contribution in [0.1, 0.15) is 58.1 Å². The number of para-hydroxylation sites is 1. The number of rotatable bonds is 9. The predicted octanol–water partition coefficient (Wildman–Crippen LogP) is 4.57. The van der Waals surface area contributed by atoms with Crippen LogP contribution in [0.25, 0.3) is 0 Å². The number of halogens is 1. The van der Waals surface area contributed by atoms with Gasteiger partial charge in [0.25, 0.3) is 0 Å². The van der Waals surface area contributed by atoms with Crippen molar-refractivity contribution in [3.8, 4) is 5.75 Å². The second-order valence-corrected chi connectivity index (χ2v) is 15.2. The predicted molar refractivity (Wildman–Crippen MR) is 188 cm³/mol. The largest absolute Gasteiger partial charge is 0.497 e. The van der Waals surface area contributed by atoms with Gasteiger partial charge in [-0.25, -0.2) is 0 Å². The molecule has 6 rings (SSSR count). The Bertz CT molecular complexity index is 1620. The molecule has 2 aliphatic carbocycles. The van der Waals surface area contributed by atoms with Crippen molar-refractivity contribution in [3.05, 3.63) is 70.3 Å². The standard InChI is InChI=1S/C38H50ClN3O8/c1-21-17-29-27(22(2)19-41(5)20-25-12-14-26(47-7)15-13-25)16-11-23(3)38(29,46)34(33(21)48-24(4)43)49-35(44)31-18-37(45)28-9-8-10-30(39)32(28)42(6)50-36(37)40-31/h8-10,12-15,17,22-23,27,29,31,33-34,36,40,45-46H,11,16,18-20H2,1-7H3/t22?,23?,27?,29?,31-,33?,34?,36+,37+,38?/m0/s1. The number of aliphatic hydroxyl groups is 2. The Kier molecular flexibility index (Phi) is 10.3. The summed E-state index contributed by atoms with van der Waals surface area (Å²) in [4.78, 5) is 34.8. The first-order valence-corrected chi connectivity index (χ1v) is 17.8. The number of hydroxylamine groups is 1. The van der Waals surface area contributed by atoms with Gasteiger partial charge in [0.1, 0.15) is 23.0 Å². The number of carbonyl (C=O) groups is 2. The minimum Gasteiger partial charge on any atom is -0.497 e. The molecule has 2 fully saturated rings. The van der Waals surface area contributed by atoms with E-state index in [2.05, 4.69) is 36.3 Å². The molecule has 10 atom stereocenters. The van der Waals surface area contributed by atoms with Crippen LogP contribution in [0, 0.1) is 23.7 Å². The molecule has 0 bridgehead atoms. The number of methoxy groups -OCH3 is 1. The summed E-state index contributed by atoms with van der Waals surface area (Å²) < 4.78 is 17.4. The van der Waals surface area contributed by atoms with Gasteiger partial charge in [-0.1, -0.05) is 55.8 Å². The summed E-state index contributed by atoms with van der Waals surface area (Å²) in [6.45, 7) is 8.90. The number of nitrogens with zero attached hydrogens (tertiary/aromatic N) is 2. The van der Waals surface area contributed by atoms with Crippen molar-refractivity contribution in [2.24, 2.45) is 23.7 Å². The van der Waals surface area contributed by atoms with Gasteiger partial charge in [0.05, 0.1) is 17.8 Å². The van der Waals surface area contributed by atoms with Gasteiger partial charge in [0.15, 0.2) is 18.4 Å². The van der Waals surface area contributed by atoms with E-state index in [-0.39, 0.29) is 30.1 Å². The third kappa shape index (κ3) is 6.52. The van der Waals surface area contributed by atoms with Gasteiger partial charge in [-0.3, -0.25) is 24.8 Å². The van der Waals surface area contributed by atoms with Crippen molar-refractivity contribution in [2.75, 3.05) is 32.8 Å². The van der Waals surface area contributed by atoms with E-state index in [0.717, 1.165) is 30.8 Å². The topological polar surface area (TPSA) is 130 Å². The number of fused-ring (bicyclic) bond motifs is 4. The number of anilines is 1. The van der Waals surface area contributed by atoms with Crippen LogP contribution in [0.5, 0.6) is 5.75 Å². The molecule has 2 aromatic carbocycles. The lowest BCUT2D eigenvalue weighted by molar-refractivity contribution is -0.225. The van der Waals surface area contributed by atoms with Gasteiger partial charge >= 0.3 is 11.9 Å². The normalized spacial score (nSPS) is 33.9. The molecular weight excluding hydrogens is 662 g/mol. The van der Waals surface area contributed by atoms with Crippen LogP contribution in [-0.2, 0) is 36.0 Å². The average molecular weight is 712 g/mol. The fourth-order valence-electron chi connectivity index (χ4n) is 8.89. The van der Waals surface area contributed by atoms with Crippen molar-refractivity contribution in [1.29, 1.82) is 0 Å². The van der Waals surface area contributed by atoms with E-state index in [0.29, 0.717) is 22.7 Å². The Morgan fingerprint density at radius 2 is 1.88 bits per heavy atom. The van der Waals surface area contributed by atoms with Crippen molar-refractivity contribution in [3.63, 3.8) is 0 Å². The number of hydrogen-bond donors (Lipinski definition) is 3. The van der Waals surface area contributed by atoms with Crippen molar-refractivity contribution in [1.82, 2.24) is 10.2 Å². The Hall–Kier alpha value is -3.19. The quantitative estimate of drug-likeness (QED) is 0.250. The zero-order chi connectivity index (χ0) is 36.1. The molecule has 0 radical (unpaired) electrons. The molecule has 2 aromatic rings. The van der Waals surface area contributed by atoms with Crippen molar-refractivity contribution in [2.45, 2.75) is 89.2 Å². The maximum atomic E-state index is 14.1. The molecule has 4 aliphatic rings. The van der Waals surface area contributed by atoms with Crippen LogP contribution in [0.4, 0.5) is 5.69 Å². The number of hydrogen-bond acceptors (Lipinski definition) is 11. The molecule has 2 aliphatic heterocycles. The van der Waals surface area contributed by atoms with Crippen LogP contribution in [0.2, 0.25) is 5.02 Å². The second-order valence-electron chi connectivity index (χ2n) is 14.8. The van der Waals surface area contributed by atoms with Crippen LogP contribution in [0.15, 0.2) is 54.1 Å². The maximum absolute atomic E-state index is 14.1. The molecular formula is C38H50ClN3O8. The maximum Gasteiger partial charge on any atom is 0.323 e. The van der Waals surface area contributed by atoms with E-state index < -0.39 is 47.6 Å². The second kappa shape index (κ2) is 14.1. The summed E-state index contributed by atoms with van der Waals surface area (Å²) in [5.41, 5.74) is -0.119. The van der Waals surface area contributed by atoms with Crippen LogP contribution in [-0.4, -0.2) is 84.9 Å². The molecule has 50 heavy (non-hydrogen) atoms. The smallest absolute Gasteiger partial charge is 0.323 e. The molecule has 11 nitrogen and oxygen atoms in total. The van der Waals surface area contributed by atoms with Gasteiger partial charge in [0.2, 0.25) is 0 Å². The van der Waals surface area contributed by atoms with E-state index in [1.165, 1.54) is 17.6 Å². The summed E-state index contributed by atoms with van der Waals surface area (Å²) >= 11 is 6.46. The summed E-state index contributed by atoms with van der Waals surface area (Å²) in [5, 5.41) is 29.7. The lowest BCUT2D eigenvalue weighted by Crippen LogP contribution is -2.66. The Morgan fingerprint density at radius 1 is 1.16 bits per heavy atom. The molecule has 1 saturated heterocycles. The highest BCUT2D eigenvalue weighted by Gasteiger charge is 2.62. The Morgan fingerprint density at radius 3 is 2.56 bits per heavy atom. The zero-order valence-electron chi connectivity index (χ0n) is 29.9. The van der Waals surface area contributed by atoms with Crippen LogP contribution < -0.4 is 15.1 Å². The molecule has 0 spiro atoms. The lowest BCUT2D eigenvalue weighted by Gasteiger charge is -2.56. The van der Waals surface area contributed by atoms with Gasteiger partial charge in [-0.2, -0.15) is 0 Å². The van der Waals surface area contributed by atoms with Crippen molar-refractivity contribution < 1.29 is 38.9 Å². The highest BCUT2D eigenvalue weighted by Crippen LogP contribution is 2.53. The molecule has 0 aromatic heterocycles. The minimum absolute atomic E-state index is 0.0466. The monoisotopic (exact) mass is 711 g/mol. The lowest BCUT2D eigenvalue weighted by atomic mass is 9.55. The first-order chi connectivity index (χ1) is 23.7. The van der Waals surface area contributed by atoms with E-state index in [1.807, 2.05) is 32.1 Å². The van der Waals surface area contributed by atoms with Gasteiger partial charge in [-0.15, -0.1) is 0 Å². The van der Waals surface area contributed by atoms with E-state index in [9.17, 15) is 19.8 Å². The first kappa shape index (κ1) is 36.6. The fourth-order valence-corrected chi connectivity index (χ4v) is 9.19. The number of benzene rings is 2. The SMILES string of the molecule is COc1ccc(CN(C)CC(C)C2CCC(C)C3(O)C2C=C(C)C(OC(C)=O)C3OC(=O)[C@@H]2C[C@@]3(O)c4cccc(Cl)c4N(C)O[C@H]3N2)cc1. The third-order valence-electron chi connectivity index (χ3n) is 11.4. The molecule has 12 heteroatoms. The van der Waals surface area contributed by atoms with Gasteiger partial charge in [0, 0.05) is 45.0 Å². The van der Waals surface area contributed by atoms with Gasteiger partial charge < -0.3 is 29.3 Å². The minimum atomic E-state index is -1.57. The molecule has 7 unspecified atom stereocenters. The Labute approximate surface area is 299 Å². The van der Waals surface area contributed by atoms with E-state index in [1.54, 1.807) is 32.4 Å². The summed E-state index contributed by atoms with van der Waals surface area (Å²) in [5.74, 6) is -0.754. The molecule has 3 N–H and O–H groups in total. The zero-order valence-corrected chi connectivity index (χ0v) is 30.6. The number of nitrogens with one attached hydrogen (secondary N) is 1. The fraction of sp³-hybridized carbons (Fsp3) is 0.579. The first-order valence-electron chi connectivity index (χ1n) is 17.4. The van der Waals surface area contributed by atoms with Gasteiger partial charge in [-0.05, 0) is 73.9 Å². The number of carbonyl (C=O) groups excluding carboxylic acids is 2. The number of ether oxygens (including phenoxy) is 3. The molecule has 2 heterocycles. The molecule has 272 valence electrons. The highest BCUT2D eigenvalue weighted by atomic mass is 35.5.